The molecule has 0 radical (unpaired) electrons. The van der Waals surface area contributed by atoms with Gasteiger partial charge in [0.2, 0.25) is 0 Å². The summed E-state index contributed by atoms with van der Waals surface area (Å²) in [6.45, 7) is 2.39. The predicted octanol–water partition coefficient (Wildman–Crippen LogP) is 2.10. The number of nitrogens with one attached hydrogen (secondary N) is 1. The first-order valence-corrected chi connectivity index (χ1v) is 5.10. The Hall–Kier alpha value is -1.86. The molecule has 0 heterocycles. The minimum atomic E-state index is -0.381. The third kappa shape index (κ3) is 3.07. The second kappa shape index (κ2) is 5.89. The molecule has 0 aromatic heterocycles. The lowest BCUT2D eigenvalue weighted by molar-refractivity contribution is -0.385. The van der Waals surface area contributed by atoms with Gasteiger partial charge in [0.05, 0.1) is 11.0 Å². The molecule has 1 rings (SSSR count). The molecule has 1 atom stereocenters. The van der Waals surface area contributed by atoms with Gasteiger partial charge >= 0.3 is 0 Å². The van der Waals surface area contributed by atoms with Crippen molar-refractivity contribution in [1.29, 1.82) is 0 Å². The number of nitrogens with zero attached hydrogens (tertiary/aromatic N) is 1. The van der Waals surface area contributed by atoms with Crippen LogP contribution >= 0.6 is 0 Å². The van der Waals surface area contributed by atoms with Crippen molar-refractivity contribution >= 4 is 5.69 Å². The van der Waals surface area contributed by atoms with E-state index in [1.54, 1.807) is 18.2 Å². The van der Waals surface area contributed by atoms with E-state index in [4.69, 9.17) is 6.42 Å². The molecule has 1 aromatic rings. The molecule has 0 saturated heterocycles. The molecule has 16 heavy (non-hydrogen) atoms. The molecule has 1 N–H and O–H groups in total. The van der Waals surface area contributed by atoms with Crippen LogP contribution in [0.3, 0.4) is 0 Å². The van der Waals surface area contributed by atoms with Crippen LogP contribution in [0.2, 0.25) is 0 Å². The molecule has 0 amide bonds. The zero-order valence-electron chi connectivity index (χ0n) is 9.14. The zero-order valence-corrected chi connectivity index (χ0v) is 9.14. The van der Waals surface area contributed by atoms with Gasteiger partial charge in [-0.2, -0.15) is 0 Å². The molecule has 4 nitrogen and oxygen atoms in total. The van der Waals surface area contributed by atoms with Crippen molar-refractivity contribution in [1.82, 2.24) is 5.32 Å². The van der Waals surface area contributed by atoms with Crippen molar-refractivity contribution in [3.8, 4) is 12.3 Å². The summed E-state index contributed by atoms with van der Waals surface area (Å²) in [5, 5.41) is 13.8. The van der Waals surface area contributed by atoms with Gasteiger partial charge in [-0.05, 0) is 6.42 Å². The highest BCUT2D eigenvalue weighted by atomic mass is 16.6. The van der Waals surface area contributed by atoms with Crippen LogP contribution in [-0.2, 0) is 6.54 Å². The van der Waals surface area contributed by atoms with Crippen LogP contribution < -0.4 is 5.32 Å². The Kier molecular flexibility index (Phi) is 4.49. The fraction of sp³-hybridized carbons (Fsp3) is 0.333. The third-order valence-corrected chi connectivity index (χ3v) is 2.34. The van der Waals surface area contributed by atoms with Crippen LogP contribution in [-0.4, -0.2) is 11.0 Å². The fourth-order valence-electron chi connectivity index (χ4n) is 1.39. The first-order valence-electron chi connectivity index (χ1n) is 5.10. The average molecular weight is 218 g/mol. The number of nitro benzene ring substituents is 1. The van der Waals surface area contributed by atoms with Crippen LogP contribution in [0.15, 0.2) is 24.3 Å². The van der Waals surface area contributed by atoms with Crippen molar-refractivity contribution < 1.29 is 4.92 Å². The molecule has 84 valence electrons. The summed E-state index contributed by atoms with van der Waals surface area (Å²) < 4.78 is 0. The molecule has 1 aromatic carbocycles. The number of nitro groups is 1. The molecule has 0 aliphatic rings. The predicted molar refractivity (Wildman–Crippen MR) is 62.8 cm³/mol. The maximum absolute atomic E-state index is 10.7. The number of para-hydroxylation sites is 1. The van der Waals surface area contributed by atoms with E-state index in [0.29, 0.717) is 12.1 Å². The first kappa shape index (κ1) is 12.2. The molecule has 0 fully saturated rings. The van der Waals surface area contributed by atoms with Crippen LogP contribution in [0.4, 0.5) is 5.69 Å². The van der Waals surface area contributed by atoms with E-state index in [-0.39, 0.29) is 16.7 Å². The summed E-state index contributed by atoms with van der Waals surface area (Å²) in [4.78, 5) is 10.4. The molecule has 0 saturated carbocycles. The molecular weight excluding hydrogens is 204 g/mol. The van der Waals surface area contributed by atoms with Gasteiger partial charge in [0, 0.05) is 18.2 Å². The number of hydrogen-bond donors (Lipinski definition) is 1. The van der Waals surface area contributed by atoms with Crippen molar-refractivity contribution in [3.05, 3.63) is 39.9 Å². The van der Waals surface area contributed by atoms with E-state index in [9.17, 15) is 10.1 Å². The lowest BCUT2D eigenvalue weighted by Gasteiger charge is -2.10. The lowest BCUT2D eigenvalue weighted by Crippen LogP contribution is -2.26. The maximum Gasteiger partial charge on any atom is 0.273 e. The van der Waals surface area contributed by atoms with Crippen LogP contribution in [0.25, 0.3) is 0 Å². The molecule has 0 spiro atoms. The smallest absolute Gasteiger partial charge is 0.273 e. The van der Waals surface area contributed by atoms with Crippen molar-refractivity contribution in [2.75, 3.05) is 0 Å². The van der Waals surface area contributed by atoms with Gasteiger partial charge in [0.15, 0.2) is 0 Å². The number of benzene rings is 1. The van der Waals surface area contributed by atoms with E-state index < -0.39 is 0 Å². The van der Waals surface area contributed by atoms with Crippen molar-refractivity contribution in [3.63, 3.8) is 0 Å². The average Bonchev–Trinajstić information content (AvgIpc) is 2.30. The fourth-order valence-corrected chi connectivity index (χ4v) is 1.39. The second-order valence-electron chi connectivity index (χ2n) is 3.39. The summed E-state index contributed by atoms with van der Waals surface area (Å²) >= 11 is 0. The minimum Gasteiger partial charge on any atom is -0.299 e. The SMILES string of the molecule is C#CC(CC)NCc1ccccc1[N+](=O)[O-]. The van der Waals surface area contributed by atoms with Gasteiger partial charge in [0.25, 0.3) is 5.69 Å². The van der Waals surface area contributed by atoms with E-state index in [1.807, 2.05) is 6.92 Å². The summed E-state index contributed by atoms with van der Waals surface area (Å²) in [6, 6.07) is 6.61. The minimum absolute atomic E-state index is 0.0418. The Morgan fingerprint density at radius 1 is 1.56 bits per heavy atom. The monoisotopic (exact) mass is 218 g/mol. The first-order chi connectivity index (χ1) is 7.69. The standard InChI is InChI=1S/C12H14N2O2/c1-3-11(4-2)13-9-10-7-5-6-8-12(10)14(15)16/h1,5-8,11,13H,4,9H2,2H3. The molecular formula is C12H14N2O2. The molecule has 0 aliphatic carbocycles. The molecule has 0 aliphatic heterocycles. The largest absolute Gasteiger partial charge is 0.299 e. The Labute approximate surface area is 94.8 Å². The van der Waals surface area contributed by atoms with Crippen LogP contribution in [0.1, 0.15) is 18.9 Å². The summed E-state index contributed by atoms with van der Waals surface area (Å²) in [5.74, 6) is 2.59. The highest BCUT2D eigenvalue weighted by Crippen LogP contribution is 2.17. The topological polar surface area (TPSA) is 55.2 Å². The lowest BCUT2D eigenvalue weighted by atomic mass is 10.1. The van der Waals surface area contributed by atoms with Gasteiger partial charge in [-0.25, -0.2) is 0 Å². The van der Waals surface area contributed by atoms with Crippen molar-refractivity contribution in [2.45, 2.75) is 25.9 Å². The van der Waals surface area contributed by atoms with Crippen LogP contribution in [0.5, 0.6) is 0 Å². The normalized spacial score (nSPS) is 11.8. The Morgan fingerprint density at radius 3 is 2.81 bits per heavy atom. The Balaban J connectivity index is 2.74. The Morgan fingerprint density at radius 2 is 2.25 bits per heavy atom. The highest BCUT2D eigenvalue weighted by molar-refractivity contribution is 5.39. The van der Waals surface area contributed by atoms with Gasteiger partial charge < -0.3 is 0 Å². The molecule has 1 unspecified atom stereocenters. The number of hydrogen-bond acceptors (Lipinski definition) is 3. The van der Waals surface area contributed by atoms with E-state index in [2.05, 4.69) is 11.2 Å². The highest BCUT2D eigenvalue weighted by Gasteiger charge is 2.12. The van der Waals surface area contributed by atoms with Gasteiger partial charge in [-0.1, -0.05) is 31.0 Å². The zero-order chi connectivity index (χ0) is 12.0. The number of terminal acetylenes is 1. The summed E-state index contributed by atoms with van der Waals surface area (Å²) in [6.07, 6.45) is 6.10. The van der Waals surface area contributed by atoms with Crippen molar-refractivity contribution in [2.24, 2.45) is 0 Å². The third-order valence-electron chi connectivity index (χ3n) is 2.34. The molecule has 4 heteroatoms. The maximum atomic E-state index is 10.7. The van der Waals surface area contributed by atoms with E-state index in [0.717, 1.165) is 6.42 Å². The quantitative estimate of drug-likeness (QED) is 0.467. The van der Waals surface area contributed by atoms with Crippen LogP contribution in [0, 0.1) is 22.5 Å². The molecule has 0 bridgehead atoms. The van der Waals surface area contributed by atoms with Gasteiger partial charge in [-0.3, -0.25) is 15.4 Å². The second-order valence-corrected chi connectivity index (χ2v) is 3.39. The van der Waals surface area contributed by atoms with Gasteiger partial charge in [-0.15, -0.1) is 6.42 Å². The Bertz CT molecular complexity index is 410. The van der Waals surface area contributed by atoms with E-state index >= 15 is 0 Å². The summed E-state index contributed by atoms with van der Waals surface area (Å²) in [5.41, 5.74) is 0.781. The van der Waals surface area contributed by atoms with E-state index in [1.165, 1.54) is 6.07 Å². The number of rotatable bonds is 5. The van der Waals surface area contributed by atoms with Gasteiger partial charge in [0.1, 0.15) is 0 Å². The summed E-state index contributed by atoms with van der Waals surface area (Å²) in [7, 11) is 0.